The molecule has 1 aromatic rings. The van der Waals surface area contributed by atoms with E-state index in [1.54, 1.807) is 12.4 Å². The van der Waals surface area contributed by atoms with E-state index in [1.807, 2.05) is 11.8 Å². The number of nitrogens with zero attached hydrogens (tertiary/aromatic N) is 4. The molecule has 0 aromatic carbocycles. The molecule has 1 aliphatic rings. The monoisotopic (exact) mass is 263 g/mol. The maximum Gasteiger partial charge on any atom is 0.236 e. The van der Waals surface area contributed by atoms with Gasteiger partial charge in [-0.15, -0.1) is 0 Å². The lowest BCUT2D eigenvalue weighted by Gasteiger charge is -2.32. The molecule has 1 aromatic heterocycles. The molecule has 1 aliphatic heterocycles. The quantitative estimate of drug-likeness (QED) is 0.804. The molecule has 0 saturated carbocycles. The van der Waals surface area contributed by atoms with Crippen molar-refractivity contribution < 1.29 is 4.79 Å². The van der Waals surface area contributed by atoms with E-state index in [4.69, 9.17) is 0 Å². The molecule has 2 heterocycles. The Morgan fingerprint density at radius 1 is 1.26 bits per heavy atom. The standard InChI is InChI=1S/C13H21N5O/c1-11-7-16-12(9-15-11)8-14-10-13(19)18-5-3-17(2)4-6-18/h7,9,14H,3-6,8,10H2,1-2H3. The first-order valence-corrected chi connectivity index (χ1v) is 6.60. The first kappa shape index (κ1) is 13.9. The van der Waals surface area contributed by atoms with Crippen molar-refractivity contribution in [2.75, 3.05) is 39.8 Å². The second-order valence-electron chi connectivity index (χ2n) is 4.94. The number of nitrogens with one attached hydrogen (secondary N) is 1. The van der Waals surface area contributed by atoms with Gasteiger partial charge in [0, 0.05) is 45.1 Å². The fourth-order valence-corrected chi connectivity index (χ4v) is 1.98. The summed E-state index contributed by atoms with van der Waals surface area (Å²) in [5.41, 5.74) is 1.76. The van der Waals surface area contributed by atoms with E-state index < -0.39 is 0 Å². The Kier molecular flexibility index (Phi) is 4.81. The van der Waals surface area contributed by atoms with E-state index in [-0.39, 0.29) is 5.91 Å². The molecule has 6 nitrogen and oxygen atoms in total. The van der Waals surface area contributed by atoms with Gasteiger partial charge in [-0.25, -0.2) is 0 Å². The Morgan fingerprint density at radius 2 is 2.00 bits per heavy atom. The molecule has 1 amide bonds. The van der Waals surface area contributed by atoms with Crippen LogP contribution in [-0.4, -0.2) is 65.4 Å². The summed E-state index contributed by atoms with van der Waals surface area (Å²) in [6, 6.07) is 0. The third kappa shape index (κ3) is 4.25. The SMILES string of the molecule is Cc1cnc(CNCC(=O)N2CCN(C)CC2)cn1. The number of piperazine rings is 1. The minimum Gasteiger partial charge on any atom is -0.339 e. The lowest BCUT2D eigenvalue weighted by Crippen LogP contribution is -2.49. The number of carbonyl (C=O) groups is 1. The first-order valence-electron chi connectivity index (χ1n) is 6.60. The van der Waals surface area contributed by atoms with Crippen molar-refractivity contribution in [3.05, 3.63) is 23.8 Å². The second-order valence-corrected chi connectivity index (χ2v) is 4.94. The Labute approximate surface area is 113 Å². The highest BCUT2D eigenvalue weighted by molar-refractivity contribution is 5.78. The smallest absolute Gasteiger partial charge is 0.236 e. The van der Waals surface area contributed by atoms with E-state index >= 15 is 0 Å². The van der Waals surface area contributed by atoms with Crippen LogP contribution < -0.4 is 5.32 Å². The summed E-state index contributed by atoms with van der Waals surface area (Å²) in [5.74, 6) is 0.160. The van der Waals surface area contributed by atoms with Crippen LogP contribution >= 0.6 is 0 Å². The summed E-state index contributed by atoms with van der Waals surface area (Å²) >= 11 is 0. The van der Waals surface area contributed by atoms with Gasteiger partial charge in [-0.1, -0.05) is 0 Å². The number of carbonyl (C=O) groups excluding carboxylic acids is 1. The highest BCUT2D eigenvalue weighted by atomic mass is 16.2. The third-order valence-electron chi connectivity index (χ3n) is 3.27. The molecule has 0 aliphatic carbocycles. The zero-order valence-corrected chi connectivity index (χ0v) is 11.6. The van der Waals surface area contributed by atoms with Gasteiger partial charge in [-0.2, -0.15) is 0 Å². The molecule has 0 unspecified atom stereocenters. The predicted octanol–water partition coefficient (Wildman–Crippen LogP) is -0.351. The third-order valence-corrected chi connectivity index (χ3v) is 3.27. The first-order chi connectivity index (χ1) is 9.15. The van der Waals surface area contributed by atoms with Crippen LogP contribution in [0.2, 0.25) is 0 Å². The lowest BCUT2D eigenvalue weighted by molar-refractivity contribution is -0.131. The summed E-state index contributed by atoms with van der Waals surface area (Å²) in [6.07, 6.45) is 3.47. The van der Waals surface area contributed by atoms with E-state index in [0.717, 1.165) is 37.6 Å². The fourth-order valence-electron chi connectivity index (χ4n) is 1.98. The van der Waals surface area contributed by atoms with Gasteiger partial charge in [0.05, 0.1) is 17.9 Å². The number of aromatic nitrogens is 2. The van der Waals surface area contributed by atoms with Crippen LogP contribution in [0.25, 0.3) is 0 Å². The molecule has 0 radical (unpaired) electrons. The molecule has 0 atom stereocenters. The lowest BCUT2D eigenvalue weighted by atomic mass is 10.3. The molecule has 0 bridgehead atoms. The number of hydrogen-bond donors (Lipinski definition) is 1. The van der Waals surface area contributed by atoms with Crippen LogP contribution in [0.1, 0.15) is 11.4 Å². The van der Waals surface area contributed by atoms with Gasteiger partial charge in [0.15, 0.2) is 0 Å². The van der Waals surface area contributed by atoms with Gasteiger partial charge in [0.25, 0.3) is 0 Å². The number of aryl methyl sites for hydroxylation is 1. The summed E-state index contributed by atoms with van der Waals surface area (Å²) in [6.45, 7) is 6.39. The zero-order valence-electron chi connectivity index (χ0n) is 11.6. The van der Waals surface area contributed by atoms with Crippen molar-refractivity contribution in [1.82, 2.24) is 25.1 Å². The van der Waals surface area contributed by atoms with Gasteiger partial charge in [-0.05, 0) is 14.0 Å². The fraction of sp³-hybridized carbons (Fsp3) is 0.615. The average molecular weight is 263 g/mol. The van der Waals surface area contributed by atoms with Crippen LogP contribution in [-0.2, 0) is 11.3 Å². The number of hydrogen-bond acceptors (Lipinski definition) is 5. The largest absolute Gasteiger partial charge is 0.339 e. The normalized spacial score (nSPS) is 16.6. The Balaban J connectivity index is 1.70. The molecule has 6 heteroatoms. The summed E-state index contributed by atoms with van der Waals surface area (Å²) < 4.78 is 0. The van der Waals surface area contributed by atoms with Gasteiger partial charge in [-0.3, -0.25) is 14.8 Å². The van der Waals surface area contributed by atoms with Crippen molar-refractivity contribution in [2.24, 2.45) is 0 Å². The summed E-state index contributed by atoms with van der Waals surface area (Å²) in [7, 11) is 2.08. The van der Waals surface area contributed by atoms with E-state index in [2.05, 4.69) is 27.2 Å². The topological polar surface area (TPSA) is 61.4 Å². The zero-order chi connectivity index (χ0) is 13.7. The highest BCUT2D eigenvalue weighted by Gasteiger charge is 2.18. The van der Waals surface area contributed by atoms with Crippen LogP contribution in [0.15, 0.2) is 12.4 Å². The van der Waals surface area contributed by atoms with E-state index in [1.165, 1.54) is 0 Å². The van der Waals surface area contributed by atoms with Gasteiger partial charge in [0.1, 0.15) is 0 Å². The van der Waals surface area contributed by atoms with E-state index in [0.29, 0.717) is 13.1 Å². The summed E-state index contributed by atoms with van der Waals surface area (Å²) in [4.78, 5) is 24.5. The van der Waals surface area contributed by atoms with Crippen molar-refractivity contribution in [3.8, 4) is 0 Å². The Bertz CT molecular complexity index is 412. The molecule has 104 valence electrons. The highest BCUT2D eigenvalue weighted by Crippen LogP contribution is 1.99. The molecule has 1 N–H and O–H groups in total. The molecular formula is C13H21N5O. The maximum atomic E-state index is 12.0. The molecular weight excluding hydrogens is 242 g/mol. The van der Waals surface area contributed by atoms with E-state index in [9.17, 15) is 4.79 Å². The molecule has 19 heavy (non-hydrogen) atoms. The van der Waals surface area contributed by atoms with Gasteiger partial charge in [0.2, 0.25) is 5.91 Å². The van der Waals surface area contributed by atoms with Crippen LogP contribution in [0, 0.1) is 6.92 Å². The van der Waals surface area contributed by atoms with Crippen molar-refractivity contribution in [1.29, 1.82) is 0 Å². The van der Waals surface area contributed by atoms with Crippen molar-refractivity contribution >= 4 is 5.91 Å². The minimum absolute atomic E-state index is 0.160. The maximum absolute atomic E-state index is 12.0. The van der Waals surface area contributed by atoms with Gasteiger partial charge < -0.3 is 15.1 Å². The Morgan fingerprint density at radius 3 is 2.63 bits per heavy atom. The van der Waals surface area contributed by atoms with Crippen molar-refractivity contribution in [3.63, 3.8) is 0 Å². The van der Waals surface area contributed by atoms with Gasteiger partial charge >= 0.3 is 0 Å². The number of rotatable bonds is 4. The second kappa shape index (κ2) is 6.58. The van der Waals surface area contributed by atoms with Crippen LogP contribution in [0.3, 0.4) is 0 Å². The minimum atomic E-state index is 0.160. The number of likely N-dealkylation sites (N-methyl/N-ethyl adjacent to an activating group) is 1. The Hall–Kier alpha value is -1.53. The number of amides is 1. The average Bonchev–Trinajstić information content (AvgIpc) is 2.41. The molecule has 1 fully saturated rings. The molecule has 2 rings (SSSR count). The van der Waals surface area contributed by atoms with Crippen LogP contribution in [0.4, 0.5) is 0 Å². The summed E-state index contributed by atoms with van der Waals surface area (Å²) in [5, 5.41) is 3.12. The molecule has 1 saturated heterocycles. The van der Waals surface area contributed by atoms with Crippen molar-refractivity contribution in [2.45, 2.75) is 13.5 Å². The predicted molar refractivity (Wildman–Crippen MR) is 72.6 cm³/mol. The van der Waals surface area contributed by atoms with Crippen LogP contribution in [0.5, 0.6) is 0 Å². The molecule has 0 spiro atoms.